The van der Waals surface area contributed by atoms with Gasteiger partial charge in [-0.1, -0.05) is 12.2 Å². The lowest BCUT2D eigenvalue weighted by molar-refractivity contribution is -0.134. The maximum absolute atomic E-state index is 10.4. The third kappa shape index (κ3) is 1.62. The lowest BCUT2D eigenvalue weighted by Gasteiger charge is -2.26. The Labute approximate surface area is 71.7 Å². The van der Waals surface area contributed by atoms with Crippen molar-refractivity contribution < 1.29 is 14.3 Å². The summed E-state index contributed by atoms with van der Waals surface area (Å²) in [4.78, 5) is 10.4. The summed E-state index contributed by atoms with van der Waals surface area (Å²) >= 11 is 0. The van der Waals surface area contributed by atoms with Crippen molar-refractivity contribution in [1.29, 1.82) is 0 Å². The molecule has 0 radical (unpaired) electrons. The average molecular weight is 168 g/mol. The van der Waals surface area contributed by atoms with Crippen LogP contribution in [0, 0.1) is 5.92 Å². The van der Waals surface area contributed by atoms with Gasteiger partial charge < -0.3 is 14.3 Å². The van der Waals surface area contributed by atoms with Crippen LogP contribution in [-0.2, 0) is 14.3 Å². The number of hydrogen-bond acceptors (Lipinski definition) is 3. The number of rotatable bonds is 3. The molecule has 0 heterocycles. The van der Waals surface area contributed by atoms with Crippen molar-refractivity contribution in [1.82, 2.24) is 0 Å². The summed E-state index contributed by atoms with van der Waals surface area (Å²) in [5, 5.41) is 0. The highest BCUT2D eigenvalue weighted by Gasteiger charge is 2.25. The SMILES string of the molecule is COC1(OC)C=CC(C=O)C=C1. The summed E-state index contributed by atoms with van der Waals surface area (Å²) in [5.41, 5.74) is 0. The minimum Gasteiger partial charge on any atom is -0.346 e. The van der Waals surface area contributed by atoms with E-state index in [9.17, 15) is 4.79 Å². The molecule has 0 aliphatic heterocycles. The smallest absolute Gasteiger partial charge is 0.207 e. The highest BCUT2D eigenvalue weighted by atomic mass is 16.7. The summed E-state index contributed by atoms with van der Waals surface area (Å²) in [7, 11) is 3.11. The van der Waals surface area contributed by atoms with Crippen LogP contribution < -0.4 is 0 Å². The molecule has 0 unspecified atom stereocenters. The maximum atomic E-state index is 10.4. The van der Waals surface area contributed by atoms with Crippen molar-refractivity contribution in [2.45, 2.75) is 5.79 Å². The number of aldehydes is 1. The van der Waals surface area contributed by atoms with E-state index in [1.807, 2.05) is 0 Å². The van der Waals surface area contributed by atoms with Crippen molar-refractivity contribution in [3.63, 3.8) is 0 Å². The van der Waals surface area contributed by atoms with Gasteiger partial charge in [0.2, 0.25) is 5.79 Å². The van der Waals surface area contributed by atoms with E-state index in [1.54, 1.807) is 38.5 Å². The van der Waals surface area contributed by atoms with E-state index in [2.05, 4.69) is 0 Å². The van der Waals surface area contributed by atoms with Crippen molar-refractivity contribution >= 4 is 6.29 Å². The maximum Gasteiger partial charge on any atom is 0.207 e. The second-order valence-electron chi connectivity index (χ2n) is 2.56. The Kier molecular flexibility index (Phi) is 2.78. The zero-order valence-corrected chi connectivity index (χ0v) is 7.19. The molecule has 0 fully saturated rings. The van der Waals surface area contributed by atoms with Crippen molar-refractivity contribution in [3.05, 3.63) is 24.3 Å². The summed E-state index contributed by atoms with van der Waals surface area (Å²) in [6, 6.07) is 0. The van der Waals surface area contributed by atoms with Gasteiger partial charge >= 0.3 is 0 Å². The van der Waals surface area contributed by atoms with E-state index in [0.29, 0.717) is 0 Å². The number of carbonyl (C=O) groups excluding carboxylic acids is 1. The van der Waals surface area contributed by atoms with E-state index >= 15 is 0 Å². The largest absolute Gasteiger partial charge is 0.346 e. The first-order valence-corrected chi connectivity index (χ1v) is 3.70. The predicted molar refractivity (Wildman–Crippen MR) is 44.6 cm³/mol. The van der Waals surface area contributed by atoms with E-state index in [-0.39, 0.29) is 5.92 Å². The second kappa shape index (κ2) is 3.65. The fourth-order valence-corrected chi connectivity index (χ4v) is 1.06. The zero-order valence-electron chi connectivity index (χ0n) is 7.19. The second-order valence-corrected chi connectivity index (χ2v) is 2.56. The number of ether oxygens (including phenoxy) is 2. The van der Waals surface area contributed by atoms with E-state index in [0.717, 1.165) is 6.29 Å². The molecule has 0 bridgehead atoms. The van der Waals surface area contributed by atoms with Crippen LogP contribution >= 0.6 is 0 Å². The van der Waals surface area contributed by atoms with Crippen LogP contribution in [0.4, 0.5) is 0 Å². The number of hydrogen-bond donors (Lipinski definition) is 0. The Hall–Kier alpha value is -0.930. The van der Waals surface area contributed by atoms with Crippen molar-refractivity contribution in [2.24, 2.45) is 5.92 Å². The number of allylic oxidation sites excluding steroid dienone is 2. The minimum atomic E-state index is -0.778. The molecule has 0 aromatic rings. The molecular weight excluding hydrogens is 156 g/mol. The van der Waals surface area contributed by atoms with E-state index in [4.69, 9.17) is 9.47 Å². The molecule has 1 aliphatic carbocycles. The molecule has 1 aliphatic rings. The van der Waals surface area contributed by atoms with Gasteiger partial charge in [-0.05, 0) is 12.2 Å². The van der Waals surface area contributed by atoms with Crippen LogP contribution in [0.1, 0.15) is 0 Å². The molecule has 0 saturated heterocycles. The summed E-state index contributed by atoms with van der Waals surface area (Å²) < 4.78 is 10.2. The van der Waals surface area contributed by atoms with Gasteiger partial charge in [0.05, 0.1) is 5.92 Å². The van der Waals surface area contributed by atoms with Crippen LogP contribution in [0.3, 0.4) is 0 Å². The quantitative estimate of drug-likeness (QED) is 0.357. The van der Waals surface area contributed by atoms with Gasteiger partial charge in [-0.15, -0.1) is 0 Å². The third-order valence-electron chi connectivity index (χ3n) is 1.90. The molecule has 66 valence electrons. The van der Waals surface area contributed by atoms with Crippen LogP contribution in [0.25, 0.3) is 0 Å². The number of methoxy groups -OCH3 is 2. The van der Waals surface area contributed by atoms with E-state index < -0.39 is 5.79 Å². The first-order valence-electron chi connectivity index (χ1n) is 3.70. The molecule has 0 spiro atoms. The summed E-state index contributed by atoms with van der Waals surface area (Å²) in [6.45, 7) is 0. The van der Waals surface area contributed by atoms with Crippen LogP contribution in [0.5, 0.6) is 0 Å². The molecule has 12 heavy (non-hydrogen) atoms. The summed E-state index contributed by atoms with van der Waals surface area (Å²) in [6.07, 6.45) is 7.82. The van der Waals surface area contributed by atoms with Gasteiger partial charge in [-0.2, -0.15) is 0 Å². The van der Waals surface area contributed by atoms with Crippen LogP contribution in [0.2, 0.25) is 0 Å². The highest BCUT2D eigenvalue weighted by molar-refractivity contribution is 5.60. The normalized spacial score (nSPS) is 21.2. The zero-order chi connectivity index (χ0) is 9.03. The molecule has 3 heteroatoms. The Morgan fingerprint density at radius 1 is 1.25 bits per heavy atom. The van der Waals surface area contributed by atoms with Gasteiger partial charge in [-0.25, -0.2) is 0 Å². The molecule has 0 atom stereocenters. The molecule has 0 amide bonds. The molecule has 1 rings (SSSR count). The Bertz CT molecular complexity index is 198. The van der Waals surface area contributed by atoms with Gasteiger partial charge in [0.15, 0.2) is 0 Å². The molecule has 3 nitrogen and oxygen atoms in total. The van der Waals surface area contributed by atoms with Gasteiger partial charge in [-0.3, -0.25) is 0 Å². The fourth-order valence-electron chi connectivity index (χ4n) is 1.06. The number of carbonyl (C=O) groups is 1. The lowest BCUT2D eigenvalue weighted by atomic mass is 10.0. The van der Waals surface area contributed by atoms with Crippen molar-refractivity contribution in [3.8, 4) is 0 Å². The minimum absolute atomic E-state index is 0.150. The van der Waals surface area contributed by atoms with Gasteiger partial charge in [0, 0.05) is 14.2 Å². The van der Waals surface area contributed by atoms with Crippen molar-refractivity contribution in [2.75, 3.05) is 14.2 Å². The molecule has 0 N–H and O–H groups in total. The molecule has 0 aromatic carbocycles. The predicted octanol–water partition coefficient (Wildman–Crippen LogP) is 0.917. The lowest BCUT2D eigenvalue weighted by Crippen LogP contribution is -2.30. The monoisotopic (exact) mass is 168 g/mol. The molecule has 0 aromatic heterocycles. The fraction of sp³-hybridized carbons (Fsp3) is 0.444. The molecular formula is C9H12O3. The van der Waals surface area contributed by atoms with E-state index in [1.165, 1.54) is 0 Å². The standard InChI is InChI=1S/C9H12O3/c1-11-9(12-2)5-3-8(7-10)4-6-9/h3-8H,1-2H3. The highest BCUT2D eigenvalue weighted by Crippen LogP contribution is 2.21. The average Bonchev–Trinajstić information content (AvgIpc) is 2.18. The van der Waals surface area contributed by atoms with Crippen LogP contribution in [0.15, 0.2) is 24.3 Å². The Morgan fingerprint density at radius 3 is 2.08 bits per heavy atom. The van der Waals surface area contributed by atoms with Crippen LogP contribution in [-0.4, -0.2) is 26.3 Å². The topological polar surface area (TPSA) is 35.5 Å². The first-order chi connectivity index (χ1) is 5.76. The third-order valence-corrected chi connectivity index (χ3v) is 1.90. The Morgan fingerprint density at radius 2 is 1.75 bits per heavy atom. The Balaban J connectivity index is 2.75. The first kappa shape index (κ1) is 9.16. The van der Waals surface area contributed by atoms with Gasteiger partial charge in [0.1, 0.15) is 6.29 Å². The van der Waals surface area contributed by atoms with Gasteiger partial charge in [0.25, 0.3) is 0 Å². The summed E-state index contributed by atoms with van der Waals surface area (Å²) in [5.74, 6) is -0.928. The molecule has 0 saturated carbocycles.